The van der Waals surface area contributed by atoms with Crippen LogP contribution in [0.4, 0.5) is 0 Å². The number of piperidine rings is 1. The fraction of sp³-hybridized carbons (Fsp3) is 1.00. The number of hydrogen-bond acceptors (Lipinski definition) is 10. The Morgan fingerprint density at radius 3 is 2.24 bits per heavy atom. The van der Waals surface area contributed by atoms with E-state index in [1.54, 1.807) is 21.3 Å². The van der Waals surface area contributed by atoms with Crippen molar-refractivity contribution in [3.05, 3.63) is 0 Å². The van der Waals surface area contributed by atoms with Crippen molar-refractivity contribution in [1.29, 1.82) is 0 Å². The van der Waals surface area contributed by atoms with Crippen molar-refractivity contribution in [2.45, 2.75) is 66.7 Å². The van der Waals surface area contributed by atoms with Crippen LogP contribution >= 0.6 is 0 Å². The maximum atomic E-state index is 12.5. The SMILES string of the molecule is COC[C@]12CN(C)[C@@H]3[C@@H]4[C@H](OC)[C@H]1[C@@]3([C@@H](OC)C[C@H]2O)[C@@H]1C[C@@]2(O)[C@H](O)[C@@H]1[C@]4(O)[C@@H](O)[C@@H]2OC. The van der Waals surface area contributed by atoms with E-state index in [0.29, 0.717) is 19.6 Å². The molecule has 5 N–H and O–H groups in total. The van der Waals surface area contributed by atoms with Crippen LogP contribution in [-0.4, -0.2) is 133 Å². The van der Waals surface area contributed by atoms with Gasteiger partial charge in [-0.25, -0.2) is 0 Å². The molecule has 5 saturated carbocycles. The van der Waals surface area contributed by atoms with Gasteiger partial charge < -0.3 is 49.4 Å². The van der Waals surface area contributed by atoms with Crippen LogP contribution in [0.1, 0.15) is 12.8 Å². The Balaban J connectivity index is 1.67. The van der Waals surface area contributed by atoms with Gasteiger partial charge in [0.1, 0.15) is 23.4 Å². The van der Waals surface area contributed by atoms with Crippen LogP contribution < -0.4 is 0 Å². The van der Waals surface area contributed by atoms with Gasteiger partial charge in [-0.2, -0.15) is 0 Å². The molecule has 15 atom stereocenters. The van der Waals surface area contributed by atoms with E-state index in [0.717, 1.165) is 0 Å². The average Bonchev–Trinajstić information content (AvgIpc) is 3.17. The molecule has 0 radical (unpaired) electrons. The molecule has 0 amide bonds. The minimum Gasteiger partial charge on any atom is -0.392 e. The molecule has 6 rings (SSSR count). The van der Waals surface area contributed by atoms with Crippen LogP contribution in [0, 0.1) is 34.5 Å². The molecule has 194 valence electrons. The van der Waals surface area contributed by atoms with E-state index in [4.69, 9.17) is 18.9 Å². The highest BCUT2D eigenvalue weighted by Crippen LogP contribution is 2.79. The molecule has 1 saturated heterocycles. The van der Waals surface area contributed by atoms with Gasteiger partial charge in [0.05, 0.1) is 31.0 Å². The summed E-state index contributed by atoms with van der Waals surface area (Å²) >= 11 is 0. The molecule has 1 aliphatic heterocycles. The Labute approximate surface area is 199 Å². The fourth-order valence-corrected chi connectivity index (χ4v) is 10.9. The lowest BCUT2D eigenvalue weighted by molar-refractivity contribution is -0.319. The second-order valence-electron chi connectivity index (χ2n) is 12.0. The molecule has 1 heterocycles. The standard InChI is InChI=1S/C24H39NO9/c1-25-8-21(9-31-2)11(26)6-12(32-3)23-10-7-22(29)18(27)13(10)24(30,19(28)20(22)34-5)14(17(23)25)15(33-4)16(21)23/h10-20,26-30H,6-9H2,1-5H3/t10-,11-,12+,13-,14+,15+,16-,17-,18-,19+,20+,21+,22-,23+,24-/m1/s1. The lowest BCUT2D eigenvalue weighted by atomic mass is 9.42. The predicted octanol–water partition coefficient (Wildman–Crippen LogP) is -2.18. The van der Waals surface area contributed by atoms with E-state index in [1.807, 2.05) is 7.05 Å². The summed E-state index contributed by atoms with van der Waals surface area (Å²) in [6.07, 6.45) is -4.96. The Bertz CT molecular complexity index is 862. The number of ether oxygens (including phenoxy) is 4. The molecule has 0 aromatic heterocycles. The summed E-state index contributed by atoms with van der Waals surface area (Å²) < 4.78 is 23.6. The van der Waals surface area contributed by atoms with Crippen LogP contribution in [0.15, 0.2) is 0 Å². The third-order valence-corrected chi connectivity index (χ3v) is 11.4. The summed E-state index contributed by atoms with van der Waals surface area (Å²) in [6.45, 7) is 0.836. The molecular weight excluding hydrogens is 446 g/mol. The molecule has 1 spiro atoms. The summed E-state index contributed by atoms with van der Waals surface area (Å²) in [6, 6.07) is -0.254. The van der Waals surface area contributed by atoms with E-state index in [2.05, 4.69) is 4.90 Å². The monoisotopic (exact) mass is 485 g/mol. The number of aliphatic hydroxyl groups is 5. The largest absolute Gasteiger partial charge is 0.392 e. The van der Waals surface area contributed by atoms with E-state index < -0.39 is 76.4 Å². The number of likely N-dealkylation sites (tertiary alicyclic amines) is 1. The molecule has 5 aliphatic carbocycles. The average molecular weight is 486 g/mol. The number of hydrogen-bond donors (Lipinski definition) is 5. The molecule has 0 unspecified atom stereocenters. The maximum Gasteiger partial charge on any atom is 0.120 e. The Kier molecular flexibility index (Phi) is 5.02. The number of aliphatic hydroxyl groups excluding tert-OH is 3. The molecule has 34 heavy (non-hydrogen) atoms. The Hall–Kier alpha value is -0.400. The van der Waals surface area contributed by atoms with Crippen LogP contribution in [0.5, 0.6) is 0 Å². The summed E-state index contributed by atoms with van der Waals surface area (Å²) in [5.74, 6) is -2.05. The summed E-state index contributed by atoms with van der Waals surface area (Å²) in [5.41, 5.74) is -4.81. The highest BCUT2D eigenvalue weighted by atomic mass is 16.5. The van der Waals surface area contributed by atoms with Crippen molar-refractivity contribution in [3.8, 4) is 0 Å². The van der Waals surface area contributed by atoms with Gasteiger partial charge in [0, 0.05) is 76.0 Å². The van der Waals surface area contributed by atoms with Crippen LogP contribution in [0.25, 0.3) is 0 Å². The third-order valence-electron chi connectivity index (χ3n) is 11.4. The van der Waals surface area contributed by atoms with Crippen molar-refractivity contribution in [1.82, 2.24) is 4.90 Å². The van der Waals surface area contributed by atoms with Crippen molar-refractivity contribution < 1.29 is 44.5 Å². The molecule has 7 bridgehead atoms. The molecule has 6 fully saturated rings. The van der Waals surface area contributed by atoms with Crippen molar-refractivity contribution in [3.63, 3.8) is 0 Å². The first-order valence-corrected chi connectivity index (χ1v) is 12.3. The summed E-state index contributed by atoms with van der Waals surface area (Å²) in [7, 11) is 8.24. The van der Waals surface area contributed by atoms with Crippen molar-refractivity contribution in [2.75, 3.05) is 48.6 Å². The number of fused-ring (bicyclic) bond motifs is 2. The zero-order valence-electron chi connectivity index (χ0n) is 20.5. The van der Waals surface area contributed by atoms with Gasteiger partial charge in [-0.15, -0.1) is 0 Å². The smallest absolute Gasteiger partial charge is 0.120 e. The van der Waals surface area contributed by atoms with Gasteiger partial charge in [-0.1, -0.05) is 0 Å². The quantitative estimate of drug-likeness (QED) is 0.292. The van der Waals surface area contributed by atoms with Gasteiger partial charge in [-0.05, 0) is 19.4 Å². The van der Waals surface area contributed by atoms with Crippen molar-refractivity contribution >= 4 is 0 Å². The van der Waals surface area contributed by atoms with Crippen LogP contribution in [0.3, 0.4) is 0 Å². The minimum atomic E-state index is -1.76. The number of nitrogens with zero attached hydrogens (tertiary/aromatic N) is 1. The van der Waals surface area contributed by atoms with Crippen LogP contribution in [0.2, 0.25) is 0 Å². The highest BCUT2D eigenvalue weighted by molar-refractivity contribution is 5.39. The van der Waals surface area contributed by atoms with Gasteiger partial charge in [-0.3, -0.25) is 0 Å². The number of rotatable bonds is 5. The zero-order valence-corrected chi connectivity index (χ0v) is 20.5. The normalized spacial score (nSPS) is 63.9. The Morgan fingerprint density at radius 1 is 0.941 bits per heavy atom. The number of methoxy groups -OCH3 is 4. The second-order valence-corrected chi connectivity index (χ2v) is 12.0. The zero-order chi connectivity index (χ0) is 24.6. The van der Waals surface area contributed by atoms with Gasteiger partial charge >= 0.3 is 0 Å². The van der Waals surface area contributed by atoms with Crippen molar-refractivity contribution in [2.24, 2.45) is 34.5 Å². The molecule has 6 aliphatic rings. The fourth-order valence-electron chi connectivity index (χ4n) is 10.9. The third kappa shape index (κ3) is 2.14. The highest BCUT2D eigenvalue weighted by Gasteiger charge is 2.90. The predicted molar refractivity (Wildman–Crippen MR) is 117 cm³/mol. The first kappa shape index (κ1) is 24.0. The molecule has 0 aromatic rings. The first-order chi connectivity index (χ1) is 16.1. The topological polar surface area (TPSA) is 141 Å². The molecule has 10 heteroatoms. The van der Waals surface area contributed by atoms with Gasteiger partial charge in [0.15, 0.2) is 0 Å². The summed E-state index contributed by atoms with van der Waals surface area (Å²) in [5, 5.41) is 58.9. The minimum absolute atomic E-state index is 0.153. The van der Waals surface area contributed by atoms with Gasteiger partial charge in [0.2, 0.25) is 0 Å². The van der Waals surface area contributed by atoms with E-state index in [9.17, 15) is 25.5 Å². The Morgan fingerprint density at radius 2 is 1.65 bits per heavy atom. The first-order valence-electron chi connectivity index (χ1n) is 12.3. The molecule has 0 aromatic carbocycles. The summed E-state index contributed by atoms with van der Waals surface area (Å²) in [4.78, 5) is 2.17. The second kappa shape index (κ2) is 7.12. The van der Waals surface area contributed by atoms with E-state index in [-0.39, 0.29) is 18.4 Å². The molecular formula is C24H39NO9. The lowest BCUT2D eigenvalue weighted by Crippen LogP contribution is -2.80. The van der Waals surface area contributed by atoms with E-state index >= 15 is 0 Å². The van der Waals surface area contributed by atoms with E-state index in [1.165, 1.54) is 7.11 Å². The lowest BCUT2D eigenvalue weighted by Gasteiger charge is -2.69. The van der Waals surface area contributed by atoms with Crippen LogP contribution in [-0.2, 0) is 18.9 Å². The van der Waals surface area contributed by atoms with Gasteiger partial charge in [0.25, 0.3) is 0 Å². The molecule has 10 nitrogen and oxygen atoms in total. The maximum absolute atomic E-state index is 12.5.